The molecular formula is C24H46O6. The third-order valence-corrected chi connectivity index (χ3v) is 5.49. The summed E-state index contributed by atoms with van der Waals surface area (Å²) in [5.74, 6) is -0.861. The van der Waals surface area contributed by atoms with Crippen molar-refractivity contribution in [3.05, 3.63) is 0 Å². The maximum absolute atomic E-state index is 12.2. The second-order valence-electron chi connectivity index (χ2n) is 9.49. The van der Waals surface area contributed by atoms with Crippen LogP contribution in [0.15, 0.2) is 0 Å². The van der Waals surface area contributed by atoms with E-state index >= 15 is 0 Å². The summed E-state index contributed by atoms with van der Waals surface area (Å²) in [5, 5.41) is 0. The summed E-state index contributed by atoms with van der Waals surface area (Å²) in [5.41, 5.74) is -1.34. The highest BCUT2D eigenvalue weighted by molar-refractivity contribution is 5.72. The zero-order chi connectivity index (χ0) is 23.2. The summed E-state index contributed by atoms with van der Waals surface area (Å²) in [6, 6.07) is 0. The Morgan fingerprint density at radius 1 is 0.667 bits per heavy atom. The highest BCUT2D eigenvalue weighted by Gasteiger charge is 2.31. The molecule has 0 aromatic heterocycles. The fourth-order valence-corrected chi connectivity index (χ4v) is 3.01. The molecule has 0 radical (unpaired) electrons. The van der Waals surface area contributed by atoms with Gasteiger partial charge in [0.05, 0.1) is 11.8 Å². The number of carbonyl (C=O) groups is 2. The quantitative estimate of drug-likeness (QED) is 0.189. The summed E-state index contributed by atoms with van der Waals surface area (Å²) in [6.07, 6.45) is 8.36. The Morgan fingerprint density at radius 2 is 1.00 bits per heavy atom. The highest BCUT2D eigenvalue weighted by Crippen LogP contribution is 2.27. The first-order chi connectivity index (χ1) is 14.0. The van der Waals surface area contributed by atoms with Crippen LogP contribution in [0.1, 0.15) is 120 Å². The van der Waals surface area contributed by atoms with E-state index in [4.69, 9.17) is 19.6 Å². The minimum Gasteiger partial charge on any atom is -0.298 e. The molecule has 2 atom stereocenters. The molecule has 0 aromatic carbocycles. The fourth-order valence-electron chi connectivity index (χ4n) is 3.01. The van der Waals surface area contributed by atoms with Crippen LogP contribution in [0, 0.1) is 11.8 Å². The summed E-state index contributed by atoms with van der Waals surface area (Å²) in [7, 11) is 0. The number of hydrogen-bond donors (Lipinski definition) is 0. The molecular weight excluding hydrogens is 384 g/mol. The predicted octanol–water partition coefficient (Wildman–Crippen LogP) is 6.71. The van der Waals surface area contributed by atoms with E-state index in [0.717, 1.165) is 51.4 Å². The molecule has 0 aliphatic carbocycles. The van der Waals surface area contributed by atoms with Gasteiger partial charge in [-0.25, -0.2) is 9.59 Å². The molecule has 0 rings (SSSR count). The molecule has 0 spiro atoms. The number of rotatable bonds is 17. The van der Waals surface area contributed by atoms with Crippen molar-refractivity contribution in [2.45, 2.75) is 131 Å². The topological polar surface area (TPSA) is 71.1 Å². The number of unbranched alkanes of at least 4 members (excludes halogenated alkanes) is 2. The SMILES string of the molecule is CCCC[C@@H](CC)C(=O)OOC(C)(C)CCC(C)(C)OOC(=O)[C@@H](CC)CCCC. The predicted molar refractivity (Wildman–Crippen MR) is 118 cm³/mol. The molecule has 6 heteroatoms. The van der Waals surface area contributed by atoms with Crippen LogP contribution in [0.3, 0.4) is 0 Å². The zero-order valence-electron chi connectivity index (χ0n) is 20.7. The van der Waals surface area contributed by atoms with Crippen molar-refractivity contribution >= 4 is 11.9 Å². The molecule has 0 heterocycles. The Kier molecular flexibility index (Phi) is 14.2. The molecule has 178 valence electrons. The van der Waals surface area contributed by atoms with Crippen molar-refractivity contribution in [3.8, 4) is 0 Å². The van der Waals surface area contributed by atoms with Crippen molar-refractivity contribution in [2.24, 2.45) is 11.8 Å². The van der Waals surface area contributed by atoms with E-state index in [1.165, 1.54) is 0 Å². The zero-order valence-corrected chi connectivity index (χ0v) is 20.7. The van der Waals surface area contributed by atoms with E-state index in [1.807, 2.05) is 41.5 Å². The third kappa shape index (κ3) is 12.5. The summed E-state index contributed by atoms with van der Waals surface area (Å²) in [6.45, 7) is 15.7. The molecule has 0 aliphatic rings. The normalized spacial score (nSPS) is 14.3. The van der Waals surface area contributed by atoms with Crippen LogP contribution in [0.25, 0.3) is 0 Å². The van der Waals surface area contributed by atoms with Crippen LogP contribution in [0.2, 0.25) is 0 Å². The van der Waals surface area contributed by atoms with Crippen molar-refractivity contribution in [1.82, 2.24) is 0 Å². The smallest absolute Gasteiger partial charge is 0.298 e. The van der Waals surface area contributed by atoms with Gasteiger partial charge < -0.3 is 0 Å². The van der Waals surface area contributed by atoms with Gasteiger partial charge in [-0.3, -0.25) is 9.78 Å². The molecule has 6 nitrogen and oxygen atoms in total. The number of carbonyl (C=O) groups excluding carboxylic acids is 2. The van der Waals surface area contributed by atoms with Gasteiger partial charge >= 0.3 is 11.9 Å². The van der Waals surface area contributed by atoms with E-state index in [2.05, 4.69) is 13.8 Å². The lowest BCUT2D eigenvalue weighted by Crippen LogP contribution is -2.34. The highest BCUT2D eigenvalue weighted by atomic mass is 17.2. The Hall–Kier alpha value is -1.14. The van der Waals surface area contributed by atoms with E-state index in [9.17, 15) is 9.59 Å². The molecule has 0 bridgehead atoms. The number of hydrogen-bond acceptors (Lipinski definition) is 6. The van der Waals surface area contributed by atoms with Crippen molar-refractivity contribution in [2.75, 3.05) is 0 Å². The first-order valence-electron chi connectivity index (χ1n) is 11.8. The largest absolute Gasteiger partial charge is 0.345 e. The Labute approximate surface area is 184 Å². The van der Waals surface area contributed by atoms with Gasteiger partial charge in [0.25, 0.3) is 0 Å². The lowest BCUT2D eigenvalue weighted by atomic mass is 9.94. The van der Waals surface area contributed by atoms with E-state index < -0.39 is 11.2 Å². The minimum absolute atomic E-state index is 0.126. The van der Waals surface area contributed by atoms with Gasteiger partial charge in [0.2, 0.25) is 0 Å². The molecule has 30 heavy (non-hydrogen) atoms. The minimum atomic E-state index is -0.670. The third-order valence-electron chi connectivity index (χ3n) is 5.49. The standard InChI is InChI=1S/C24H46O6/c1-9-13-15-19(11-3)21(25)27-29-23(5,6)17-18-24(7,8)30-28-22(26)20(12-4)16-14-10-2/h19-20H,9-18H2,1-8H3/t19-,20+. The van der Waals surface area contributed by atoms with Crippen LogP contribution in [-0.2, 0) is 29.1 Å². The fraction of sp³-hybridized carbons (Fsp3) is 0.917. The Morgan fingerprint density at radius 3 is 1.27 bits per heavy atom. The van der Waals surface area contributed by atoms with E-state index in [1.54, 1.807) is 0 Å². The van der Waals surface area contributed by atoms with Crippen LogP contribution in [0.4, 0.5) is 0 Å². The molecule has 0 unspecified atom stereocenters. The van der Waals surface area contributed by atoms with Crippen LogP contribution in [-0.4, -0.2) is 23.1 Å². The van der Waals surface area contributed by atoms with E-state index in [-0.39, 0.29) is 23.8 Å². The second-order valence-corrected chi connectivity index (χ2v) is 9.49. The molecule has 0 N–H and O–H groups in total. The van der Waals surface area contributed by atoms with Crippen LogP contribution in [0.5, 0.6) is 0 Å². The summed E-state index contributed by atoms with van der Waals surface area (Å²) in [4.78, 5) is 45.7. The molecule has 0 amide bonds. The van der Waals surface area contributed by atoms with Crippen molar-refractivity contribution < 1.29 is 29.1 Å². The van der Waals surface area contributed by atoms with Gasteiger partial charge in [0, 0.05) is 0 Å². The van der Waals surface area contributed by atoms with Gasteiger partial charge in [-0.2, -0.15) is 9.78 Å². The monoisotopic (exact) mass is 430 g/mol. The van der Waals surface area contributed by atoms with Gasteiger partial charge in [0.1, 0.15) is 11.2 Å². The van der Waals surface area contributed by atoms with Crippen molar-refractivity contribution in [3.63, 3.8) is 0 Å². The maximum atomic E-state index is 12.2. The molecule has 0 saturated heterocycles. The van der Waals surface area contributed by atoms with E-state index in [0.29, 0.717) is 12.8 Å². The van der Waals surface area contributed by atoms with Crippen LogP contribution >= 0.6 is 0 Å². The maximum Gasteiger partial charge on any atom is 0.345 e. The first kappa shape index (κ1) is 28.9. The molecule has 0 aliphatic heterocycles. The lowest BCUT2D eigenvalue weighted by Gasteiger charge is -2.29. The Bertz CT molecular complexity index is 442. The second kappa shape index (κ2) is 14.8. The summed E-state index contributed by atoms with van der Waals surface area (Å²) >= 11 is 0. The lowest BCUT2D eigenvalue weighted by molar-refractivity contribution is -0.343. The summed E-state index contributed by atoms with van der Waals surface area (Å²) < 4.78 is 0. The van der Waals surface area contributed by atoms with Gasteiger partial charge in [-0.1, -0.05) is 53.4 Å². The molecule has 0 fully saturated rings. The first-order valence-corrected chi connectivity index (χ1v) is 11.8. The molecule has 0 saturated carbocycles. The van der Waals surface area contributed by atoms with Gasteiger partial charge in [-0.15, -0.1) is 0 Å². The van der Waals surface area contributed by atoms with Crippen LogP contribution < -0.4 is 0 Å². The van der Waals surface area contributed by atoms with Gasteiger partial charge in [-0.05, 0) is 66.2 Å². The average Bonchev–Trinajstić information content (AvgIpc) is 2.70. The van der Waals surface area contributed by atoms with Gasteiger partial charge in [0.15, 0.2) is 0 Å². The van der Waals surface area contributed by atoms with Crippen molar-refractivity contribution in [1.29, 1.82) is 0 Å². The Balaban J connectivity index is 4.47. The molecule has 0 aromatic rings. The average molecular weight is 431 g/mol.